The van der Waals surface area contributed by atoms with Crippen LogP contribution in [0.5, 0.6) is 5.75 Å². The van der Waals surface area contributed by atoms with Crippen LogP contribution in [-0.4, -0.2) is 34.9 Å². The number of carbonyl (C=O) groups is 2. The van der Waals surface area contributed by atoms with Crippen molar-refractivity contribution in [2.24, 2.45) is 0 Å². The molecule has 0 spiro atoms. The van der Waals surface area contributed by atoms with E-state index in [2.05, 4.69) is 5.32 Å². The smallest absolute Gasteiger partial charge is 0.261 e. The van der Waals surface area contributed by atoms with E-state index in [0.29, 0.717) is 15.8 Å². The fraction of sp³-hybridized carbons (Fsp3) is 0.417. The Morgan fingerprint density at radius 2 is 1.77 bits per heavy atom. The number of amides is 2. The predicted molar refractivity (Wildman–Crippen MR) is 126 cm³/mol. The molecule has 7 heteroatoms. The highest BCUT2D eigenvalue weighted by molar-refractivity contribution is 6.42. The molecule has 0 unspecified atom stereocenters. The van der Waals surface area contributed by atoms with Gasteiger partial charge in [0.1, 0.15) is 11.8 Å². The van der Waals surface area contributed by atoms with Gasteiger partial charge >= 0.3 is 0 Å². The van der Waals surface area contributed by atoms with E-state index < -0.39 is 11.6 Å². The molecule has 0 aliphatic carbocycles. The summed E-state index contributed by atoms with van der Waals surface area (Å²) < 4.78 is 5.80. The van der Waals surface area contributed by atoms with Crippen LogP contribution in [0.3, 0.4) is 0 Å². The van der Waals surface area contributed by atoms with Crippen molar-refractivity contribution < 1.29 is 14.3 Å². The standard InChI is InChI=1S/C24H30Cl2N2O3/c1-15-8-7-9-21(16(15)2)31-14-22(29)28(17(3)23(30)27-24(4,5)6)13-18-10-11-19(25)20(26)12-18/h7-12,17H,13-14H2,1-6H3,(H,27,30)/t17-/m1/s1. The molecule has 2 rings (SSSR count). The number of halogens is 2. The van der Waals surface area contributed by atoms with Crippen LogP contribution in [0.15, 0.2) is 36.4 Å². The number of hydrogen-bond donors (Lipinski definition) is 1. The van der Waals surface area contributed by atoms with Crippen molar-refractivity contribution in [3.8, 4) is 5.75 Å². The van der Waals surface area contributed by atoms with E-state index in [1.54, 1.807) is 25.1 Å². The molecule has 1 atom stereocenters. The highest BCUT2D eigenvalue weighted by Crippen LogP contribution is 2.24. The predicted octanol–water partition coefficient (Wildman–Crippen LogP) is 5.32. The van der Waals surface area contributed by atoms with Gasteiger partial charge < -0.3 is 15.0 Å². The second-order valence-corrected chi connectivity index (χ2v) is 9.49. The highest BCUT2D eigenvalue weighted by Gasteiger charge is 2.29. The average molecular weight is 465 g/mol. The van der Waals surface area contributed by atoms with Crippen LogP contribution in [0, 0.1) is 13.8 Å². The summed E-state index contributed by atoms with van der Waals surface area (Å²) in [5, 5.41) is 3.75. The van der Waals surface area contributed by atoms with Crippen molar-refractivity contribution in [2.45, 2.75) is 59.7 Å². The van der Waals surface area contributed by atoms with E-state index in [0.717, 1.165) is 16.7 Å². The summed E-state index contributed by atoms with van der Waals surface area (Å²) in [7, 11) is 0. The summed E-state index contributed by atoms with van der Waals surface area (Å²) in [6.45, 7) is 11.3. The lowest BCUT2D eigenvalue weighted by molar-refractivity contribution is -0.142. The summed E-state index contributed by atoms with van der Waals surface area (Å²) in [6, 6.07) is 10.2. The van der Waals surface area contributed by atoms with Crippen LogP contribution in [-0.2, 0) is 16.1 Å². The van der Waals surface area contributed by atoms with Gasteiger partial charge in [-0.2, -0.15) is 0 Å². The van der Waals surface area contributed by atoms with E-state index >= 15 is 0 Å². The van der Waals surface area contributed by atoms with Crippen molar-refractivity contribution in [2.75, 3.05) is 6.61 Å². The molecular weight excluding hydrogens is 435 g/mol. The Labute approximate surface area is 194 Å². The van der Waals surface area contributed by atoms with Crippen molar-refractivity contribution >= 4 is 35.0 Å². The molecule has 0 bridgehead atoms. The van der Waals surface area contributed by atoms with Crippen molar-refractivity contribution in [3.63, 3.8) is 0 Å². The molecule has 0 heterocycles. The fourth-order valence-corrected chi connectivity index (χ4v) is 3.31. The van der Waals surface area contributed by atoms with Gasteiger partial charge in [0.25, 0.3) is 5.91 Å². The van der Waals surface area contributed by atoms with Crippen LogP contribution < -0.4 is 10.1 Å². The van der Waals surface area contributed by atoms with E-state index in [4.69, 9.17) is 27.9 Å². The maximum Gasteiger partial charge on any atom is 0.261 e. The lowest BCUT2D eigenvalue weighted by Crippen LogP contribution is -2.53. The lowest BCUT2D eigenvalue weighted by atomic mass is 10.1. The molecule has 0 saturated carbocycles. The first-order chi connectivity index (χ1) is 14.4. The molecule has 2 amide bonds. The molecular formula is C24H30Cl2N2O3. The number of ether oxygens (including phenoxy) is 1. The minimum absolute atomic E-state index is 0.182. The Morgan fingerprint density at radius 3 is 2.39 bits per heavy atom. The summed E-state index contributed by atoms with van der Waals surface area (Å²) in [5.74, 6) is 0.103. The zero-order valence-electron chi connectivity index (χ0n) is 18.9. The third kappa shape index (κ3) is 7.15. The Kier molecular flexibility index (Phi) is 8.38. The molecule has 1 N–H and O–H groups in total. The Hall–Kier alpha value is -2.24. The fourth-order valence-electron chi connectivity index (χ4n) is 2.99. The van der Waals surface area contributed by atoms with E-state index in [9.17, 15) is 9.59 Å². The molecule has 0 saturated heterocycles. The third-order valence-corrected chi connectivity index (χ3v) is 5.65. The Morgan fingerprint density at radius 1 is 1.10 bits per heavy atom. The number of rotatable bonds is 7. The summed E-state index contributed by atoms with van der Waals surface area (Å²) >= 11 is 12.2. The van der Waals surface area contributed by atoms with Gasteiger partial charge in [0.15, 0.2) is 6.61 Å². The van der Waals surface area contributed by atoms with Crippen LogP contribution in [0.25, 0.3) is 0 Å². The SMILES string of the molecule is Cc1cccc(OCC(=O)N(Cc2ccc(Cl)c(Cl)c2)[C@H](C)C(=O)NC(C)(C)C)c1C. The quantitative estimate of drug-likeness (QED) is 0.602. The van der Waals surface area contributed by atoms with Gasteiger partial charge in [-0.1, -0.05) is 41.4 Å². The maximum atomic E-state index is 13.1. The molecule has 2 aromatic carbocycles. The van der Waals surface area contributed by atoms with Gasteiger partial charge in [0.2, 0.25) is 5.91 Å². The molecule has 2 aromatic rings. The maximum absolute atomic E-state index is 13.1. The highest BCUT2D eigenvalue weighted by atomic mass is 35.5. The molecule has 0 aromatic heterocycles. The van der Waals surface area contributed by atoms with E-state index in [1.165, 1.54) is 4.90 Å². The second-order valence-electron chi connectivity index (χ2n) is 8.67. The number of nitrogens with one attached hydrogen (secondary N) is 1. The van der Waals surface area contributed by atoms with Crippen LogP contribution >= 0.6 is 23.2 Å². The molecule has 0 aliphatic heterocycles. The minimum atomic E-state index is -0.705. The first-order valence-electron chi connectivity index (χ1n) is 10.1. The monoisotopic (exact) mass is 464 g/mol. The minimum Gasteiger partial charge on any atom is -0.483 e. The zero-order valence-corrected chi connectivity index (χ0v) is 20.4. The van der Waals surface area contributed by atoms with Gasteiger partial charge in [-0.05, 0) is 76.4 Å². The molecule has 0 fully saturated rings. The zero-order chi connectivity index (χ0) is 23.3. The van der Waals surface area contributed by atoms with E-state index in [1.807, 2.05) is 52.8 Å². The van der Waals surface area contributed by atoms with Crippen LogP contribution in [0.4, 0.5) is 0 Å². The molecule has 5 nitrogen and oxygen atoms in total. The van der Waals surface area contributed by atoms with Crippen LogP contribution in [0.2, 0.25) is 10.0 Å². The molecule has 168 valence electrons. The number of nitrogens with zero attached hydrogens (tertiary/aromatic N) is 1. The third-order valence-electron chi connectivity index (χ3n) is 4.91. The van der Waals surface area contributed by atoms with Crippen molar-refractivity contribution in [1.82, 2.24) is 10.2 Å². The van der Waals surface area contributed by atoms with Gasteiger partial charge in [0, 0.05) is 12.1 Å². The van der Waals surface area contributed by atoms with Gasteiger partial charge in [-0.25, -0.2) is 0 Å². The largest absolute Gasteiger partial charge is 0.483 e. The molecule has 0 aliphatic rings. The number of aryl methyl sites for hydroxylation is 1. The normalized spacial score (nSPS) is 12.3. The molecule has 31 heavy (non-hydrogen) atoms. The summed E-state index contributed by atoms with van der Waals surface area (Å²) in [5.41, 5.74) is 2.41. The number of hydrogen-bond acceptors (Lipinski definition) is 3. The van der Waals surface area contributed by atoms with Crippen LogP contribution in [0.1, 0.15) is 44.4 Å². The first kappa shape index (κ1) is 25.0. The van der Waals surface area contributed by atoms with Crippen molar-refractivity contribution in [1.29, 1.82) is 0 Å². The summed E-state index contributed by atoms with van der Waals surface area (Å²) in [6.07, 6.45) is 0. The van der Waals surface area contributed by atoms with Gasteiger partial charge in [-0.15, -0.1) is 0 Å². The second kappa shape index (κ2) is 10.4. The number of benzene rings is 2. The first-order valence-corrected chi connectivity index (χ1v) is 10.9. The van der Waals surface area contributed by atoms with E-state index in [-0.39, 0.29) is 25.0 Å². The molecule has 0 radical (unpaired) electrons. The van der Waals surface area contributed by atoms with Gasteiger partial charge in [0.05, 0.1) is 10.0 Å². The Bertz CT molecular complexity index is 954. The van der Waals surface area contributed by atoms with Crippen molar-refractivity contribution in [3.05, 3.63) is 63.1 Å². The topological polar surface area (TPSA) is 58.6 Å². The lowest BCUT2D eigenvalue weighted by Gasteiger charge is -2.31. The Balaban J connectivity index is 2.24. The average Bonchev–Trinajstić information content (AvgIpc) is 2.67. The van der Waals surface area contributed by atoms with Gasteiger partial charge in [-0.3, -0.25) is 9.59 Å². The number of carbonyl (C=O) groups excluding carboxylic acids is 2. The summed E-state index contributed by atoms with van der Waals surface area (Å²) in [4.78, 5) is 27.4.